The molecule has 1 N–H and O–H groups in total. The number of para-hydroxylation sites is 2. The van der Waals surface area contributed by atoms with Crippen LogP contribution in [0.3, 0.4) is 0 Å². The lowest BCUT2D eigenvalue weighted by Gasteiger charge is -2.13. The predicted molar refractivity (Wildman–Crippen MR) is 121 cm³/mol. The van der Waals surface area contributed by atoms with Gasteiger partial charge in [0.15, 0.2) is 5.69 Å². The number of amides is 1. The molecular weight excluding hydrogens is 404 g/mol. The monoisotopic (exact) mass is 422 g/mol. The number of nitrogens with one attached hydrogen (secondary N) is 1. The quantitative estimate of drug-likeness (QED) is 0.469. The van der Waals surface area contributed by atoms with Gasteiger partial charge in [0.05, 0.1) is 23.3 Å². The fourth-order valence-electron chi connectivity index (χ4n) is 3.56. The van der Waals surface area contributed by atoms with Crippen LogP contribution in [0.5, 0.6) is 0 Å². The van der Waals surface area contributed by atoms with Crippen LogP contribution in [0.4, 0.5) is 5.69 Å². The van der Waals surface area contributed by atoms with Crippen LogP contribution in [-0.4, -0.2) is 30.5 Å². The van der Waals surface area contributed by atoms with Crippen molar-refractivity contribution in [2.24, 2.45) is 0 Å². The van der Waals surface area contributed by atoms with Gasteiger partial charge in [0.2, 0.25) is 0 Å². The summed E-state index contributed by atoms with van der Waals surface area (Å²) in [5.74, 6) is -0.421. The van der Waals surface area contributed by atoms with E-state index in [0.717, 1.165) is 5.56 Å². The fraction of sp³-hybridized carbons (Fsp3) is 0.0417. The fourth-order valence-corrected chi connectivity index (χ4v) is 3.56. The van der Waals surface area contributed by atoms with Crippen LogP contribution in [0.25, 0.3) is 16.5 Å². The van der Waals surface area contributed by atoms with Crippen molar-refractivity contribution in [1.29, 1.82) is 0 Å². The van der Waals surface area contributed by atoms with E-state index in [9.17, 15) is 9.59 Å². The highest BCUT2D eigenvalue weighted by molar-refractivity contribution is 6.11. The summed E-state index contributed by atoms with van der Waals surface area (Å²) in [6.07, 6.45) is 2.98. The molecule has 3 aromatic carbocycles. The van der Waals surface area contributed by atoms with Crippen molar-refractivity contribution in [2.75, 3.05) is 5.32 Å². The Morgan fingerprint density at radius 3 is 2.38 bits per heavy atom. The highest BCUT2D eigenvalue weighted by atomic mass is 16.2. The minimum atomic E-state index is -0.421. The zero-order valence-corrected chi connectivity index (χ0v) is 16.9. The van der Waals surface area contributed by atoms with Gasteiger partial charge in [-0.05, 0) is 23.8 Å². The van der Waals surface area contributed by atoms with Crippen molar-refractivity contribution in [3.05, 3.63) is 113 Å². The Balaban J connectivity index is 1.58. The zero-order chi connectivity index (χ0) is 21.9. The molecule has 0 radical (unpaired) electrons. The Morgan fingerprint density at radius 1 is 0.875 bits per heavy atom. The second-order valence-corrected chi connectivity index (χ2v) is 7.15. The Labute approximate surface area is 182 Å². The summed E-state index contributed by atoms with van der Waals surface area (Å²) in [5, 5.41) is 12.4. The molecule has 1 amide bonds. The number of benzene rings is 3. The van der Waals surface area contributed by atoms with Crippen LogP contribution < -0.4 is 10.9 Å². The minimum absolute atomic E-state index is 0.171. The maximum atomic E-state index is 13.3. The van der Waals surface area contributed by atoms with Crippen molar-refractivity contribution in [3.8, 4) is 5.69 Å². The molecule has 2 heterocycles. The molecule has 0 atom stereocenters. The number of anilines is 1. The topological polar surface area (TPSA) is 94.7 Å². The lowest BCUT2D eigenvalue weighted by molar-refractivity contribution is 0.102. The summed E-state index contributed by atoms with van der Waals surface area (Å²) < 4.78 is 2.90. The third-order valence-electron chi connectivity index (χ3n) is 5.08. The molecule has 0 bridgehead atoms. The number of carbonyl (C=O) groups excluding carboxylic acids is 1. The van der Waals surface area contributed by atoms with Crippen molar-refractivity contribution in [3.63, 3.8) is 0 Å². The molecule has 0 spiro atoms. The first-order chi connectivity index (χ1) is 15.7. The molecule has 32 heavy (non-hydrogen) atoms. The number of hydrogen-bond donors (Lipinski definition) is 1. The molecule has 0 saturated heterocycles. The third kappa shape index (κ3) is 3.65. The van der Waals surface area contributed by atoms with Gasteiger partial charge in [-0.25, -0.2) is 14.3 Å². The highest BCUT2D eigenvalue weighted by Crippen LogP contribution is 2.21. The average Bonchev–Trinajstić information content (AvgIpc) is 3.37. The predicted octanol–water partition coefficient (Wildman–Crippen LogP) is 3.28. The molecule has 0 unspecified atom stereocenters. The van der Waals surface area contributed by atoms with Gasteiger partial charge in [0.1, 0.15) is 12.7 Å². The molecule has 0 aliphatic carbocycles. The van der Waals surface area contributed by atoms with Gasteiger partial charge >= 0.3 is 0 Å². The van der Waals surface area contributed by atoms with Crippen LogP contribution in [0.1, 0.15) is 16.1 Å². The van der Waals surface area contributed by atoms with Crippen molar-refractivity contribution in [2.45, 2.75) is 6.54 Å². The van der Waals surface area contributed by atoms with E-state index in [-0.39, 0.29) is 17.8 Å². The van der Waals surface area contributed by atoms with Crippen LogP contribution in [-0.2, 0) is 6.54 Å². The summed E-state index contributed by atoms with van der Waals surface area (Å²) >= 11 is 0. The lowest BCUT2D eigenvalue weighted by Crippen LogP contribution is -2.28. The molecular formula is C24H18N6O2. The van der Waals surface area contributed by atoms with Crippen molar-refractivity contribution in [1.82, 2.24) is 24.5 Å². The molecule has 0 aliphatic rings. The number of aromatic nitrogens is 5. The normalized spacial score (nSPS) is 10.9. The van der Waals surface area contributed by atoms with Crippen LogP contribution >= 0.6 is 0 Å². The number of nitrogens with zero attached hydrogens (tertiary/aromatic N) is 5. The Bertz CT molecular complexity index is 1460. The number of fused-ring (bicyclic) bond motifs is 1. The second kappa shape index (κ2) is 8.27. The first kappa shape index (κ1) is 19.4. The first-order valence-electron chi connectivity index (χ1n) is 10.00. The van der Waals surface area contributed by atoms with Crippen LogP contribution in [0, 0.1) is 0 Å². The van der Waals surface area contributed by atoms with Gasteiger partial charge in [-0.1, -0.05) is 60.7 Å². The second-order valence-electron chi connectivity index (χ2n) is 7.15. The van der Waals surface area contributed by atoms with E-state index in [1.807, 2.05) is 48.5 Å². The third-order valence-corrected chi connectivity index (χ3v) is 5.08. The molecule has 0 aliphatic heterocycles. The van der Waals surface area contributed by atoms with Crippen molar-refractivity contribution >= 4 is 22.4 Å². The van der Waals surface area contributed by atoms with Gasteiger partial charge in [0, 0.05) is 5.39 Å². The van der Waals surface area contributed by atoms with E-state index in [1.165, 1.54) is 11.0 Å². The smallest absolute Gasteiger partial charge is 0.276 e. The van der Waals surface area contributed by atoms with E-state index < -0.39 is 5.91 Å². The number of hydrogen-bond acceptors (Lipinski definition) is 5. The zero-order valence-electron chi connectivity index (χ0n) is 16.9. The summed E-state index contributed by atoms with van der Waals surface area (Å²) in [6.45, 7) is 0.264. The number of carbonyl (C=O) groups is 1. The Morgan fingerprint density at radius 2 is 1.59 bits per heavy atom. The molecule has 2 aromatic heterocycles. The summed E-state index contributed by atoms with van der Waals surface area (Å²) in [4.78, 5) is 30.3. The summed E-state index contributed by atoms with van der Waals surface area (Å²) in [7, 11) is 0. The highest BCUT2D eigenvalue weighted by Gasteiger charge is 2.18. The van der Waals surface area contributed by atoms with Gasteiger partial charge in [-0.2, -0.15) is 10.2 Å². The SMILES string of the molecule is O=C(Nc1ccccc1-n1cncn1)c1nn(Cc2ccccc2)c(=O)c2ccccc12. The molecule has 0 saturated carbocycles. The summed E-state index contributed by atoms with van der Waals surface area (Å²) in [5.41, 5.74) is 2.06. The Kier molecular flexibility index (Phi) is 5.01. The number of rotatable bonds is 5. The molecule has 156 valence electrons. The van der Waals surface area contributed by atoms with Gasteiger partial charge in [0.25, 0.3) is 11.5 Å². The molecule has 8 heteroatoms. The van der Waals surface area contributed by atoms with Gasteiger partial charge in [-0.15, -0.1) is 0 Å². The minimum Gasteiger partial charge on any atom is -0.319 e. The molecule has 5 aromatic rings. The molecule has 5 rings (SSSR count). The van der Waals surface area contributed by atoms with E-state index in [0.29, 0.717) is 22.1 Å². The summed E-state index contributed by atoms with van der Waals surface area (Å²) in [6, 6.07) is 23.8. The van der Waals surface area contributed by atoms with Crippen molar-refractivity contribution < 1.29 is 4.79 Å². The maximum absolute atomic E-state index is 13.3. The van der Waals surface area contributed by atoms with E-state index in [4.69, 9.17) is 0 Å². The first-order valence-corrected chi connectivity index (χ1v) is 10.00. The molecule has 0 fully saturated rings. The average molecular weight is 422 g/mol. The largest absolute Gasteiger partial charge is 0.319 e. The van der Waals surface area contributed by atoms with Crippen LogP contribution in [0.2, 0.25) is 0 Å². The van der Waals surface area contributed by atoms with E-state index in [2.05, 4.69) is 20.5 Å². The van der Waals surface area contributed by atoms with E-state index >= 15 is 0 Å². The standard InChI is InChI=1S/C24H18N6O2/c31-23(27-20-12-6-7-13-21(20)30-16-25-15-26-30)22-18-10-4-5-11-19(18)24(32)29(28-22)14-17-8-2-1-3-9-17/h1-13,15-16H,14H2,(H,27,31). The van der Waals surface area contributed by atoms with Crippen LogP contribution in [0.15, 0.2) is 96.3 Å². The van der Waals surface area contributed by atoms with E-state index in [1.54, 1.807) is 41.3 Å². The maximum Gasteiger partial charge on any atom is 0.276 e. The Hall–Kier alpha value is -4.59. The lowest BCUT2D eigenvalue weighted by atomic mass is 10.1. The molecule has 8 nitrogen and oxygen atoms in total. The van der Waals surface area contributed by atoms with Gasteiger partial charge < -0.3 is 5.32 Å². The van der Waals surface area contributed by atoms with Gasteiger partial charge in [-0.3, -0.25) is 9.59 Å².